The van der Waals surface area contributed by atoms with Crippen LogP contribution in [0.4, 0.5) is 11.4 Å². The van der Waals surface area contributed by atoms with E-state index in [1.165, 1.54) is 25.5 Å². The van der Waals surface area contributed by atoms with Crippen LogP contribution in [0.2, 0.25) is 0 Å². The Bertz CT molecular complexity index is 1100. The van der Waals surface area contributed by atoms with E-state index in [0.29, 0.717) is 11.3 Å². The molecule has 8 heteroatoms. The number of hydrogen-bond acceptors (Lipinski definition) is 7. The smallest absolute Gasteiger partial charge is 0.336 e. The Morgan fingerprint density at radius 2 is 2.04 bits per heavy atom. The molecule has 8 nitrogen and oxygen atoms in total. The van der Waals surface area contributed by atoms with Gasteiger partial charge in [0.15, 0.2) is 11.5 Å². The lowest BCUT2D eigenvalue weighted by Crippen LogP contribution is -1.97. The van der Waals surface area contributed by atoms with Crippen molar-refractivity contribution >= 4 is 28.6 Å². The molecule has 0 aliphatic carbocycles. The van der Waals surface area contributed by atoms with E-state index in [-0.39, 0.29) is 22.7 Å². The molecule has 3 aromatic rings. The van der Waals surface area contributed by atoms with Crippen LogP contribution >= 0.6 is 0 Å². The number of ether oxygens (including phenoxy) is 1. The molecular weight excluding hydrogens is 340 g/mol. The number of phenols is 1. The van der Waals surface area contributed by atoms with Crippen LogP contribution in [0.5, 0.6) is 11.5 Å². The van der Waals surface area contributed by atoms with Gasteiger partial charge in [-0.05, 0) is 24.6 Å². The first-order chi connectivity index (χ1) is 12.4. The number of nitro benzene ring substituents is 1. The number of phenolic OH excluding ortho intramolecular Hbond substituents is 1. The van der Waals surface area contributed by atoms with Crippen LogP contribution in [-0.4, -0.2) is 23.4 Å². The van der Waals surface area contributed by atoms with Gasteiger partial charge in [0.2, 0.25) is 0 Å². The highest BCUT2D eigenvalue weighted by atomic mass is 16.6. The van der Waals surface area contributed by atoms with E-state index in [2.05, 4.69) is 4.99 Å². The fourth-order valence-electron chi connectivity index (χ4n) is 2.51. The van der Waals surface area contributed by atoms with E-state index in [4.69, 9.17) is 9.15 Å². The van der Waals surface area contributed by atoms with E-state index >= 15 is 0 Å². The lowest BCUT2D eigenvalue weighted by molar-refractivity contribution is -0.385. The van der Waals surface area contributed by atoms with Crippen LogP contribution in [0.3, 0.4) is 0 Å². The second kappa shape index (κ2) is 6.67. The average molecular weight is 354 g/mol. The number of nitro groups is 1. The van der Waals surface area contributed by atoms with Crippen molar-refractivity contribution in [3.63, 3.8) is 0 Å². The molecule has 0 aliphatic heterocycles. The third kappa shape index (κ3) is 3.25. The molecule has 1 aromatic heterocycles. The summed E-state index contributed by atoms with van der Waals surface area (Å²) in [6.07, 6.45) is 1.28. The Kier molecular flexibility index (Phi) is 4.40. The van der Waals surface area contributed by atoms with Crippen LogP contribution < -0.4 is 10.4 Å². The Labute approximate surface area is 147 Å². The Morgan fingerprint density at radius 3 is 2.73 bits per heavy atom. The number of non-ortho nitro benzene ring substituents is 1. The standard InChI is InChI=1S/C18H14N2O6/c1-10-5-17(21)26-15-7-12(3-4-14(10)15)19-9-11-6-13(20(23)24)8-16(25-2)18(11)22/h3-9,22H,1-2H3. The largest absolute Gasteiger partial charge is 0.504 e. The van der Waals surface area contributed by atoms with Gasteiger partial charge in [0.05, 0.1) is 23.8 Å². The van der Waals surface area contributed by atoms with Crippen molar-refractivity contribution in [2.75, 3.05) is 7.11 Å². The maximum Gasteiger partial charge on any atom is 0.336 e. The summed E-state index contributed by atoms with van der Waals surface area (Å²) < 4.78 is 10.1. The fourth-order valence-corrected chi connectivity index (χ4v) is 2.51. The van der Waals surface area contributed by atoms with E-state index < -0.39 is 10.5 Å². The predicted octanol–water partition coefficient (Wildman–Crippen LogP) is 3.47. The minimum Gasteiger partial charge on any atom is -0.504 e. The third-order valence-corrected chi connectivity index (χ3v) is 3.81. The summed E-state index contributed by atoms with van der Waals surface area (Å²) in [6.45, 7) is 1.80. The molecule has 132 valence electrons. The zero-order valence-corrected chi connectivity index (χ0v) is 13.9. The maximum atomic E-state index is 11.5. The first kappa shape index (κ1) is 17.2. The molecule has 26 heavy (non-hydrogen) atoms. The molecule has 0 unspecified atom stereocenters. The van der Waals surface area contributed by atoms with Gasteiger partial charge in [0, 0.05) is 35.4 Å². The molecule has 0 saturated heterocycles. The highest BCUT2D eigenvalue weighted by molar-refractivity contribution is 5.89. The van der Waals surface area contributed by atoms with Gasteiger partial charge in [-0.25, -0.2) is 4.79 Å². The summed E-state index contributed by atoms with van der Waals surface area (Å²) in [5.41, 5.74) is 1.05. The first-order valence-electron chi connectivity index (χ1n) is 7.53. The van der Waals surface area contributed by atoms with Crippen molar-refractivity contribution in [2.24, 2.45) is 4.99 Å². The number of rotatable bonds is 4. The summed E-state index contributed by atoms with van der Waals surface area (Å²) in [4.78, 5) is 26.1. The number of hydrogen-bond donors (Lipinski definition) is 1. The Hall–Kier alpha value is -3.68. The molecule has 0 radical (unpaired) electrons. The number of aryl methyl sites for hydroxylation is 1. The van der Waals surface area contributed by atoms with Gasteiger partial charge in [-0.15, -0.1) is 0 Å². The average Bonchev–Trinajstić information content (AvgIpc) is 2.60. The molecule has 0 atom stereocenters. The molecule has 0 saturated carbocycles. The normalized spacial score (nSPS) is 11.2. The van der Waals surface area contributed by atoms with Crippen molar-refractivity contribution in [2.45, 2.75) is 6.92 Å². The molecular formula is C18H14N2O6. The molecule has 1 N–H and O–H groups in total. The Morgan fingerprint density at radius 1 is 1.27 bits per heavy atom. The first-order valence-corrected chi connectivity index (χ1v) is 7.53. The van der Waals surface area contributed by atoms with Crippen LogP contribution in [0.15, 0.2) is 50.6 Å². The zero-order chi connectivity index (χ0) is 18.8. The van der Waals surface area contributed by atoms with Crippen LogP contribution in [0.25, 0.3) is 11.0 Å². The number of benzene rings is 2. The van der Waals surface area contributed by atoms with E-state index in [0.717, 1.165) is 17.0 Å². The van der Waals surface area contributed by atoms with Crippen molar-refractivity contribution in [3.8, 4) is 11.5 Å². The predicted molar refractivity (Wildman–Crippen MR) is 95.8 cm³/mol. The van der Waals surface area contributed by atoms with E-state index in [9.17, 15) is 20.0 Å². The summed E-state index contributed by atoms with van der Waals surface area (Å²) in [5, 5.41) is 21.9. The number of methoxy groups -OCH3 is 1. The van der Waals surface area contributed by atoms with Crippen molar-refractivity contribution in [1.29, 1.82) is 0 Å². The van der Waals surface area contributed by atoms with Crippen molar-refractivity contribution < 1.29 is 19.2 Å². The quantitative estimate of drug-likeness (QED) is 0.332. The van der Waals surface area contributed by atoms with E-state index in [1.807, 2.05) is 0 Å². The lowest BCUT2D eigenvalue weighted by Gasteiger charge is -2.06. The monoisotopic (exact) mass is 354 g/mol. The summed E-state index contributed by atoms with van der Waals surface area (Å²) in [5.74, 6) is -0.286. The third-order valence-electron chi connectivity index (χ3n) is 3.81. The molecule has 0 amide bonds. The highest BCUT2D eigenvalue weighted by Gasteiger charge is 2.15. The lowest BCUT2D eigenvalue weighted by atomic mass is 10.1. The van der Waals surface area contributed by atoms with Gasteiger partial charge >= 0.3 is 5.63 Å². The van der Waals surface area contributed by atoms with Crippen LogP contribution in [0.1, 0.15) is 11.1 Å². The van der Waals surface area contributed by atoms with Gasteiger partial charge in [-0.1, -0.05) is 0 Å². The minimum atomic E-state index is -0.591. The van der Waals surface area contributed by atoms with E-state index in [1.54, 1.807) is 25.1 Å². The molecule has 0 aliphatic rings. The number of fused-ring (bicyclic) bond motifs is 1. The summed E-state index contributed by atoms with van der Waals surface area (Å²) in [7, 11) is 1.30. The molecule has 1 heterocycles. The topological polar surface area (TPSA) is 115 Å². The van der Waals surface area contributed by atoms with Gasteiger partial charge < -0.3 is 14.3 Å². The maximum absolute atomic E-state index is 11.5. The number of aliphatic imine (C=N–C) groups is 1. The summed E-state index contributed by atoms with van der Waals surface area (Å²) in [6, 6.07) is 8.75. The zero-order valence-electron chi connectivity index (χ0n) is 13.9. The second-order valence-corrected chi connectivity index (χ2v) is 5.53. The summed E-state index contributed by atoms with van der Waals surface area (Å²) >= 11 is 0. The number of nitrogens with zero attached hydrogens (tertiary/aromatic N) is 2. The molecule has 0 bridgehead atoms. The molecule has 3 rings (SSSR count). The van der Waals surface area contributed by atoms with Gasteiger partial charge in [-0.3, -0.25) is 15.1 Å². The van der Waals surface area contributed by atoms with Gasteiger partial charge in [0.1, 0.15) is 5.58 Å². The molecule has 0 fully saturated rings. The van der Waals surface area contributed by atoms with Gasteiger partial charge in [-0.2, -0.15) is 0 Å². The minimum absolute atomic E-state index is 0.0271. The fraction of sp³-hybridized carbons (Fsp3) is 0.111. The van der Waals surface area contributed by atoms with Crippen LogP contribution in [-0.2, 0) is 0 Å². The van der Waals surface area contributed by atoms with Crippen molar-refractivity contribution in [1.82, 2.24) is 0 Å². The van der Waals surface area contributed by atoms with Crippen molar-refractivity contribution in [3.05, 3.63) is 68.1 Å². The van der Waals surface area contributed by atoms with Gasteiger partial charge in [0.25, 0.3) is 5.69 Å². The van der Waals surface area contributed by atoms with Crippen LogP contribution in [0, 0.1) is 17.0 Å². The Balaban J connectivity index is 2.05. The second-order valence-electron chi connectivity index (χ2n) is 5.53. The molecule has 0 spiro atoms. The molecule has 2 aromatic carbocycles. The SMILES string of the molecule is COc1cc([N+](=O)[O-])cc(C=Nc2ccc3c(C)cc(=O)oc3c2)c1O. The highest BCUT2D eigenvalue weighted by Crippen LogP contribution is 2.34. The number of aromatic hydroxyl groups is 1.